The van der Waals surface area contributed by atoms with Crippen molar-refractivity contribution in [1.82, 2.24) is 9.21 Å². The largest absolute Gasteiger partial charge is 0.497 e. The van der Waals surface area contributed by atoms with Crippen LogP contribution in [-0.2, 0) is 33.3 Å². The molecule has 5 rings (SSSR count). The molecule has 1 amide bonds. The highest BCUT2D eigenvalue weighted by atomic mass is 32.2. The number of fused-ring (bicyclic) bond motifs is 2. The number of carbonyl (C=O) groups is 1. The molecule has 0 aromatic heterocycles. The third kappa shape index (κ3) is 3.76. The van der Waals surface area contributed by atoms with Crippen molar-refractivity contribution in [3.05, 3.63) is 95.3 Å². The molecule has 2 heterocycles. The number of sulfonamides is 1. The summed E-state index contributed by atoms with van der Waals surface area (Å²) in [6.45, 7) is 0.828. The molecule has 1 saturated heterocycles. The highest BCUT2D eigenvalue weighted by Crippen LogP contribution is 2.50. The van der Waals surface area contributed by atoms with Gasteiger partial charge in [0.1, 0.15) is 11.6 Å². The molecule has 3 aromatic carbocycles. The molecule has 1 spiro atoms. The minimum absolute atomic E-state index is 0.0614. The monoisotopic (exact) mass is 480 g/mol. The zero-order chi connectivity index (χ0) is 23.9. The average Bonchev–Trinajstić information content (AvgIpc) is 3.36. The molecule has 8 heteroatoms. The van der Waals surface area contributed by atoms with Gasteiger partial charge >= 0.3 is 0 Å². The van der Waals surface area contributed by atoms with Gasteiger partial charge in [-0.3, -0.25) is 4.79 Å². The van der Waals surface area contributed by atoms with Crippen LogP contribution >= 0.6 is 0 Å². The van der Waals surface area contributed by atoms with E-state index in [0.29, 0.717) is 29.8 Å². The lowest BCUT2D eigenvalue weighted by Gasteiger charge is -2.34. The summed E-state index contributed by atoms with van der Waals surface area (Å²) in [7, 11) is -2.20. The Morgan fingerprint density at radius 3 is 2.56 bits per heavy atom. The Labute approximate surface area is 198 Å². The molecule has 0 aliphatic carbocycles. The third-order valence-corrected chi connectivity index (χ3v) is 8.73. The van der Waals surface area contributed by atoms with Crippen LogP contribution in [0.15, 0.2) is 77.7 Å². The minimum atomic E-state index is -3.78. The van der Waals surface area contributed by atoms with Gasteiger partial charge in [-0.25, -0.2) is 12.8 Å². The smallest absolute Gasteiger partial charge is 0.244 e. The number of rotatable bonds is 5. The van der Waals surface area contributed by atoms with Gasteiger partial charge in [0.15, 0.2) is 0 Å². The Balaban J connectivity index is 1.46. The van der Waals surface area contributed by atoms with E-state index in [2.05, 4.69) is 0 Å². The minimum Gasteiger partial charge on any atom is -0.497 e. The number of likely N-dealkylation sites (tertiary alicyclic amines) is 1. The predicted octanol–water partition coefficient (Wildman–Crippen LogP) is 3.71. The normalized spacial score (nSPS) is 21.1. The zero-order valence-electron chi connectivity index (χ0n) is 18.8. The lowest BCUT2D eigenvalue weighted by atomic mass is 9.88. The summed E-state index contributed by atoms with van der Waals surface area (Å²) in [5.74, 6) is 0.249. The molecule has 0 bridgehead atoms. The van der Waals surface area contributed by atoms with Crippen LogP contribution in [0.4, 0.5) is 4.39 Å². The summed E-state index contributed by atoms with van der Waals surface area (Å²) >= 11 is 0. The lowest BCUT2D eigenvalue weighted by molar-refractivity contribution is -0.129. The van der Waals surface area contributed by atoms with Crippen LogP contribution in [0.25, 0.3) is 0 Å². The van der Waals surface area contributed by atoms with Crippen LogP contribution in [0.5, 0.6) is 5.75 Å². The fraction of sp³-hybridized carbons (Fsp3) is 0.269. The van der Waals surface area contributed by atoms with Gasteiger partial charge in [0.25, 0.3) is 0 Å². The Bertz CT molecular complexity index is 1340. The molecule has 0 N–H and O–H groups in total. The Morgan fingerprint density at radius 1 is 1.03 bits per heavy atom. The van der Waals surface area contributed by atoms with Gasteiger partial charge in [-0.15, -0.1) is 0 Å². The third-order valence-electron chi connectivity index (χ3n) is 6.76. The number of ether oxygens (including phenoxy) is 1. The second-order valence-corrected chi connectivity index (χ2v) is 10.6. The van der Waals surface area contributed by atoms with Crippen molar-refractivity contribution in [1.29, 1.82) is 0 Å². The molecule has 0 saturated carbocycles. The molecule has 3 aromatic rings. The van der Waals surface area contributed by atoms with E-state index in [1.807, 2.05) is 36.4 Å². The highest BCUT2D eigenvalue weighted by Gasteiger charge is 2.57. The van der Waals surface area contributed by atoms with Crippen molar-refractivity contribution < 1.29 is 22.3 Å². The van der Waals surface area contributed by atoms with Gasteiger partial charge < -0.3 is 9.64 Å². The first kappa shape index (κ1) is 22.6. The second-order valence-electron chi connectivity index (χ2n) is 8.76. The van der Waals surface area contributed by atoms with Crippen LogP contribution in [-0.4, -0.2) is 43.7 Å². The Morgan fingerprint density at radius 2 is 1.79 bits per heavy atom. The van der Waals surface area contributed by atoms with Gasteiger partial charge in [-0.2, -0.15) is 4.31 Å². The summed E-state index contributed by atoms with van der Waals surface area (Å²) in [6.07, 6.45) is 0.702. The van der Waals surface area contributed by atoms with E-state index in [9.17, 15) is 17.6 Å². The molecule has 1 unspecified atom stereocenters. The number of nitrogens with zero attached hydrogens (tertiary/aromatic N) is 2. The van der Waals surface area contributed by atoms with E-state index in [1.54, 1.807) is 36.3 Å². The predicted molar refractivity (Wildman–Crippen MR) is 125 cm³/mol. The van der Waals surface area contributed by atoms with Crippen LogP contribution < -0.4 is 4.74 Å². The topological polar surface area (TPSA) is 66.9 Å². The molecule has 176 valence electrons. The maximum atomic E-state index is 13.6. The van der Waals surface area contributed by atoms with Gasteiger partial charge in [0.2, 0.25) is 15.9 Å². The first-order chi connectivity index (χ1) is 16.3. The van der Waals surface area contributed by atoms with Crippen molar-refractivity contribution >= 4 is 15.9 Å². The summed E-state index contributed by atoms with van der Waals surface area (Å²) in [5, 5.41) is 0. The fourth-order valence-corrected chi connectivity index (χ4v) is 7.10. The first-order valence-electron chi connectivity index (χ1n) is 11.1. The molecule has 1 atom stereocenters. The Kier molecular flexibility index (Phi) is 5.65. The molecule has 1 fully saturated rings. The van der Waals surface area contributed by atoms with Crippen molar-refractivity contribution in [2.45, 2.75) is 29.8 Å². The number of halogens is 1. The molecule has 0 radical (unpaired) electrons. The van der Waals surface area contributed by atoms with Gasteiger partial charge in [0.05, 0.1) is 24.0 Å². The quantitative estimate of drug-likeness (QED) is 0.559. The zero-order valence-corrected chi connectivity index (χ0v) is 19.6. The van der Waals surface area contributed by atoms with Gasteiger partial charge in [-0.1, -0.05) is 42.5 Å². The lowest BCUT2D eigenvalue weighted by Crippen LogP contribution is -2.46. The number of carbonyl (C=O) groups excluding carboxylic acids is 1. The molecular weight excluding hydrogens is 455 g/mol. The number of amides is 1. The number of methoxy groups -OCH3 is 1. The summed E-state index contributed by atoms with van der Waals surface area (Å²) in [4.78, 5) is 15.2. The van der Waals surface area contributed by atoms with Crippen LogP contribution in [0.1, 0.15) is 23.1 Å². The van der Waals surface area contributed by atoms with Gasteiger partial charge in [0, 0.05) is 19.6 Å². The number of hydrogen-bond donors (Lipinski definition) is 0. The SMILES string of the molecule is COc1cccc(CC(=O)N2CCC3(C2)c2ccccc2S(=O)(=O)N3Cc2ccc(F)cc2)c1. The van der Waals surface area contributed by atoms with Crippen molar-refractivity contribution in [2.24, 2.45) is 0 Å². The van der Waals surface area contributed by atoms with E-state index in [4.69, 9.17) is 4.74 Å². The standard InChI is InChI=1S/C26H25FN2O4S/c1-33-22-6-4-5-20(15-22)16-25(30)28-14-13-26(18-28)23-7-2-3-8-24(23)34(31,32)29(26)17-19-9-11-21(27)12-10-19/h2-12,15H,13-14,16-18H2,1H3. The molecular formula is C26H25FN2O4S. The van der Waals surface area contributed by atoms with E-state index >= 15 is 0 Å². The van der Waals surface area contributed by atoms with Crippen LogP contribution in [0.2, 0.25) is 0 Å². The summed E-state index contributed by atoms with van der Waals surface area (Å²) in [6, 6.07) is 20.2. The molecule has 2 aliphatic rings. The molecule has 2 aliphatic heterocycles. The van der Waals surface area contributed by atoms with Crippen molar-refractivity contribution in [2.75, 3.05) is 20.2 Å². The fourth-order valence-electron chi connectivity index (χ4n) is 5.05. The number of benzene rings is 3. The van der Waals surface area contributed by atoms with E-state index in [0.717, 1.165) is 5.56 Å². The first-order valence-corrected chi connectivity index (χ1v) is 12.5. The average molecular weight is 481 g/mol. The maximum Gasteiger partial charge on any atom is 0.244 e. The second kappa shape index (κ2) is 8.52. The van der Waals surface area contributed by atoms with E-state index in [1.165, 1.54) is 16.4 Å². The van der Waals surface area contributed by atoms with Crippen molar-refractivity contribution in [3.63, 3.8) is 0 Å². The highest BCUT2D eigenvalue weighted by molar-refractivity contribution is 7.89. The number of hydrogen-bond acceptors (Lipinski definition) is 4. The van der Waals surface area contributed by atoms with Crippen molar-refractivity contribution in [3.8, 4) is 5.75 Å². The molecule has 6 nitrogen and oxygen atoms in total. The van der Waals surface area contributed by atoms with E-state index in [-0.39, 0.29) is 36.1 Å². The Hall–Kier alpha value is -3.23. The van der Waals surface area contributed by atoms with Crippen LogP contribution in [0, 0.1) is 5.82 Å². The van der Waals surface area contributed by atoms with Crippen LogP contribution in [0.3, 0.4) is 0 Å². The maximum absolute atomic E-state index is 13.6. The summed E-state index contributed by atoms with van der Waals surface area (Å²) < 4.78 is 47.4. The van der Waals surface area contributed by atoms with Gasteiger partial charge in [-0.05, 0) is 53.4 Å². The summed E-state index contributed by atoms with van der Waals surface area (Å²) in [5.41, 5.74) is 1.40. The molecule has 34 heavy (non-hydrogen) atoms. The van der Waals surface area contributed by atoms with E-state index < -0.39 is 15.6 Å².